The molecule has 1 aromatic carbocycles. The van der Waals surface area contributed by atoms with Crippen LogP contribution in [-0.2, 0) is 4.74 Å². The lowest BCUT2D eigenvalue weighted by Gasteiger charge is -2.43. The number of benzene rings is 1. The topological polar surface area (TPSA) is 86.1 Å². The molecule has 1 aliphatic rings. The molecular formula is C15H13F4N3O4S. The second kappa shape index (κ2) is 6.62. The molecule has 2 atom stereocenters. The lowest BCUT2D eigenvalue weighted by Crippen LogP contribution is -2.56. The zero-order valence-electron chi connectivity index (χ0n) is 13.9. The lowest BCUT2D eigenvalue weighted by molar-refractivity contribution is -0.133. The molecule has 0 radical (unpaired) electrons. The molecule has 2 heterocycles. The molecule has 0 amide bonds. The summed E-state index contributed by atoms with van der Waals surface area (Å²) in [6.07, 6.45) is -8.35. The number of aliphatic hydroxyl groups excluding tert-OH is 2. The van der Waals surface area contributed by atoms with Crippen molar-refractivity contribution >= 4 is 33.3 Å². The van der Waals surface area contributed by atoms with Crippen molar-refractivity contribution in [3.63, 3.8) is 0 Å². The molecule has 27 heavy (non-hydrogen) atoms. The summed E-state index contributed by atoms with van der Waals surface area (Å²) >= 11 is 0.828. The molecule has 0 spiro atoms. The predicted molar refractivity (Wildman–Crippen MR) is 87.3 cm³/mol. The average molecular weight is 407 g/mol. The third-order valence-electron chi connectivity index (χ3n) is 4.05. The van der Waals surface area contributed by atoms with E-state index >= 15 is 0 Å². The number of methoxy groups -OCH3 is 1. The van der Waals surface area contributed by atoms with Crippen LogP contribution in [0.25, 0.3) is 10.1 Å². The number of anilines is 1. The Balaban J connectivity index is 2.13. The number of fused-ring (bicyclic) bond motifs is 1. The minimum atomic E-state index is -4.82. The summed E-state index contributed by atoms with van der Waals surface area (Å²) in [5, 5.41) is 20.5. The maximum atomic E-state index is 14.5. The van der Waals surface area contributed by atoms with E-state index in [-0.39, 0.29) is 15.8 Å². The lowest BCUT2D eigenvalue weighted by atomic mass is 10.1. The van der Waals surface area contributed by atoms with E-state index in [1.165, 1.54) is 0 Å². The van der Waals surface area contributed by atoms with E-state index in [4.69, 9.17) is 0 Å². The van der Waals surface area contributed by atoms with Gasteiger partial charge in [0.1, 0.15) is 11.5 Å². The molecule has 0 fully saturated rings. The smallest absolute Gasteiger partial charge is 0.431 e. The monoisotopic (exact) mass is 407 g/mol. The Morgan fingerprint density at radius 2 is 2.00 bits per heavy atom. The second-order valence-corrected chi connectivity index (χ2v) is 6.46. The van der Waals surface area contributed by atoms with Crippen LogP contribution < -0.4 is 4.90 Å². The van der Waals surface area contributed by atoms with Crippen molar-refractivity contribution < 1.29 is 37.3 Å². The van der Waals surface area contributed by atoms with Crippen LogP contribution in [-0.4, -0.2) is 58.4 Å². The summed E-state index contributed by atoms with van der Waals surface area (Å²) in [6, 6.07) is 2.13. The Morgan fingerprint density at radius 1 is 1.33 bits per heavy atom. The fourth-order valence-corrected chi connectivity index (χ4v) is 3.51. The number of halogens is 4. The molecule has 12 heteroatoms. The Labute approximate surface area is 153 Å². The zero-order chi connectivity index (χ0) is 20.1. The van der Waals surface area contributed by atoms with Gasteiger partial charge >= 0.3 is 12.1 Å². The van der Waals surface area contributed by atoms with Gasteiger partial charge in [0.15, 0.2) is 11.9 Å². The number of hydrogen-bond acceptors (Lipinski definition) is 8. The van der Waals surface area contributed by atoms with E-state index < -0.39 is 41.9 Å². The molecule has 3 rings (SSSR count). The van der Waals surface area contributed by atoms with Crippen molar-refractivity contribution in [2.24, 2.45) is 0 Å². The summed E-state index contributed by atoms with van der Waals surface area (Å²) in [7, 11) is 2.08. The molecule has 1 aliphatic heterocycles. The second-order valence-electron chi connectivity index (χ2n) is 5.65. The molecule has 2 N–H and O–H groups in total. The summed E-state index contributed by atoms with van der Waals surface area (Å²) in [4.78, 5) is 12.9. The maximum Gasteiger partial charge on any atom is 0.431 e. The number of ether oxygens (including phenoxy) is 1. The van der Waals surface area contributed by atoms with E-state index in [9.17, 15) is 32.6 Å². The van der Waals surface area contributed by atoms with Gasteiger partial charge in [-0.15, -0.1) is 0 Å². The Kier molecular flexibility index (Phi) is 4.74. The van der Waals surface area contributed by atoms with E-state index in [0.29, 0.717) is 15.9 Å². The number of aromatic nitrogens is 1. The first-order chi connectivity index (χ1) is 12.6. The highest BCUT2D eigenvalue weighted by Gasteiger charge is 2.45. The number of rotatable bonds is 2. The van der Waals surface area contributed by atoms with Gasteiger partial charge in [0.2, 0.25) is 6.35 Å². The standard InChI is InChI=1S/C15H13F4N3O4S/c1-21-10(15(17,18)19)5-11(23)22(14(21)25)8-3-6-9(4-7(8)16)27-20-12(6)13(24)26-2/h3-5,11,14,23,25H,1-2H3. The molecule has 0 bridgehead atoms. The molecule has 2 aromatic rings. The number of aliphatic hydroxyl groups is 2. The van der Waals surface area contributed by atoms with Gasteiger partial charge in [-0.1, -0.05) is 0 Å². The fourth-order valence-electron chi connectivity index (χ4n) is 2.74. The number of nitrogens with zero attached hydrogens (tertiary/aromatic N) is 3. The summed E-state index contributed by atoms with van der Waals surface area (Å²) in [6.45, 7) is 0. The van der Waals surface area contributed by atoms with Gasteiger partial charge in [-0.05, 0) is 29.7 Å². The number of esters is 1. The summed E-state index contributed by atoms with van der Waals surface area (Å²) < 4.78 is 62.3. The van der Waals surface area contributed by atoms with E-state index in [1.807, 2.05) is 0 Å². The summed E-state index contributed by atoms with van der Waals surface area (Å²) in [5.41, 5.74) is -1.79. The number of allylic oxidation sites excluding steroid dienone is 1. The van der Waals surface area contributed by atoms with Crippen molar-refractivity contribution in [3.8, 4) is 0 Å². The predicted octanol–water partition coefficient (Wildman–Crippen LogP) is 2.01. The normalized spacial score (nSPS) is 20.8. The largest absolute Gasteiger partial charge is 0.464 e. The van der Waals surface area contributed by atoms with Crippen LogP contribution >= 0.6 is 11.5 Å². The van der Waals surface area contributed by atoms with Crippen LogP contribution in [0.1, 0.15) is 10.5 Å². The van der Waals surface area contributed by atoms with Gasteiger partial charge in [0, 0.05) is 12.4 Å². The molecule has 0 saturated carbocycles. The third kappa shape index (κ3) is 3.19. The highest BCUT2D eigenvalue weighted by atomic mass is 32.1. The van der Waals surface area contributed by atoms with E-state index in [1.54, 1.807) is 0 Å². The van der Waals surface area contributed by atoms with Gasteiger partial charge in [0.25, 0.3) is 0 Å². The van der Waals surface area contributed by atoms with Gasteiger partial charge in [0.05, 0.1) is 17.5 Å². The quantitative estimate of drug-likeness (QED) is 0.582. The number of hydrogen-bond donors (Lipinski definition) is 2. The number of carbonyl (C=O) groups excluding carboxylic acids is 1. The van der Waals surface area contributed by atoms with Gasteiger partial charge in [-0.2, -0.15) is 17.5 Å². The highest BCUT2D eigenvalue weighted by Crippen LogP contribution is 2.38. The first-order valence-electron chi connectivity index (χ1n) is 7.39. The molecular weight excluding hydrogens is 394 g/mol. The van der Waals surface area contributed by atoms with E-state index in [0.717, 1.165) is 37.8 Å². The van der Waals surface area contributed by atoms with Crippen LogP contribution in [0.15, 0.2) is 23.9 Å². The zero-order valence-corrected chi connectivity index (χ0v) is 14.7. The Bertz CT molecular complexity index is 930. The van der Waals surface area contributed by atoms with Crippen molar-refractivity contribution in [2.45, 2.75) is 18.8 Å². The van der Waals surface area contributed by atoms with Gasteiger partial charge in [-0.25, -0.2) is 9.18 Å². The van der Waals surface area contributed by atoms with Crippen LogP contribution in [0.2, 0.25) is 0 Å². The van der Waals surface area contributed by atoms with Crippen LogP contribution in [0.5, 0.6) is 0 Å². The Morgan fingerprint density at radius 3 is 2.59 bits per heavy atom. The van der Waals surface area contributed by atoms with Crippen LogP contribution in [0.3, 0.4) is 0 Å². The Hall–Kier alpha value is -2.44. The molecule has 1 aromatic heterocycles. The van der Waals surface area contributed by atoms with Crippen LogP contribution in [0, 0.1) is 5.82 Å². The van der Waals surface area contributed by atoms with Crippen molar-refractivity contribution in [3.05, 3.63) is 35.4 Å². The average Bonchev–Trinajstić information content (AvgIpc) is 2.99. The SMILES string of the molecule is COC(=O)c1nsc2cc(F)c(N3C(O)C=C(C(F)(F)F)N(C)C3O)cc12. The molecule has 7 nitrogen and oxygen atoms in total. The minimum absolute atomic E-state index is 0.111. The van der Waals surface area contributed by atoms with E-state index in [2.05, 4.69) is 9.11 Å². The number of alkyl halides is 3. The highest BCUT2D eigenvalue weighted by molar-refractivity contribution is 7.13. The minimum Gasteiger partial charge on any atom is -0.464 e. The maximum absolute atomic E-state index is 14.5. The first-order valence-corrected chi connectivity index (χ1v) is 8.17. The fraction of sp³-hybridized carbons (Fsp3) is 0.333. The van der Waals surface area contributed by atoms with Crippen molar-refractivity contribution in [1.82, 2.24) is 9.27 Å². The summed E-state index contributed by atoms with van der Waals surface area (Å²) in [5.74, 6) is -1.70. The molecule has 2 unspecified atom stereocenters. The van der Waals surface area contributed by atoms with Crippen molar-refractivity contribution in [1.29, 1.82) is 0 Å². The van der Waals surface area contributed by atoms with Gasteiger partial charge < -0.3 is 19.8 Å². The van der Waals surface area contributed by atoms with Crippen LogP contribution in [0.4, 0.5) is 23.2 Å². The first kappa shape index (κ1) is 19.3. The molecule has 0 aliphatic carbocycles. The molecule has 146 valence electrons. The van der Waals surface area contributed by atoms with Gasteiger partial charge in [-0.3, -0.25) is 4.90 Å². The third-order valence-corrected chi connectivity index (χ3v) is 4.86. The number of carbonyl (C=O) groups is 1. The molecule has 0 saturated heterocycles. The van der Waals surface area contributed by atoms with Crippen molar-refractivity contribution in [2.75, 3.05) is 19.1 Å².